The number of nitrogens with one attached hydrogen (secondary N) is 1. The molecular formula is C20H24Cl2N2O3S2. The highest BCUT2D eigenvalue weighted by atomic mass is 35.5. The highest BCUT2D eigenvalue weighted by Crippen LogP contribution is 2.25. The summed E-state index contributed by atoms with van der Waals surface area (Å²) >= 11 is 13.5. The van der Waals surface area contributed by atoms with E-state index in [1.54, 1.807) is 36.9 Å². The molecule has 1 N–H and O–H groups in total. The predicted octanol–water partition coefficient (Wildman–Crippen LogP) is 4.51. The van der Waals surface area contributed by atoms with E-state index in [2.05, 4.69) is 5.32 Å². The number of hydrogen-bond donors (Lipinski definition) is 1. The van der Waals surface area contributed by atoms with Crippen molar-refractivity contribution in [1.82, 2.24) is 5.32 Å². The first-order valence-electron chi connectivity index (χ1n) is 8.95. The van der Waals surface area contributed by atoms with E-state index in [0.717, 1.165) is 27.4 Å². The predicted molar refractivity (Wildman–Crippen MR) is 124 cm³/mol. The van der Waals surface area contributed by atoms with Crippen molar-refractivity contribution in [2.75, 3.05) is 22.9 Å². The van der Waals surface area contributed by atoms with Gasteiger partial charge in [0, 0.05) is 18.1 Å². The van der Waals surface area contributed by atoms with Gasteiger partial charge >= 0.3 is 0 Å². The van der Waals surface area contributed by atoms with Crippen LogP contribution in [-0.4, -0.2) is 38.9 Å². The molecule has 2 aromatic rings. The minimum atomic E-state index is -3.61. The molecule has 0 bridgehead atoms. The van der Waals surface area contributed by atoms with Gasteiger partial charge in [-0.2, -0.15) is 11.8 Å². The zero-order chi connectivity index (χ0) is 21.6. The third-order valence-electron chi connectivity index (χ3n) is 4.18. The molecule has 0 aromatic heterocycles. The Morgan fingerprint density at radius 1 is 1.14 bits per heavy atom. The van der Waals surface area contributed by atoms with Crippen LogP contribution in [0.2, 0.25) is 10.0 Å². The second-order valence-corrected chi connectivity index (χ2v) is 10.4. The monoisotopic (exact) mass is 474 g/mol. The van der Waals surface area contributed by atoms with Crippen LogP contribution >= 0.6 is 35.0 Å². The van der Waals surface area contributed by atoms with E-state index in [1.807, 2.05) is 31.2 Å². The Morgan fingerprint density at radius 2 is 1.79 bits per heavy atom. The normalized spacial score (nSPS) is 12.4. The first-order chi connectivity index (χ1) is 13.6. The summed E-state index contributed by atoms with van der Waals surface area (Å²) in [6.07, 6.45) is 1.10. The second-order valence-electron chi connectivity index (χ2n) is 6.66. The number of hydrogen-bond acceptors (Lipinski definition) is 4. The molecule has 0 unspecified atom stereocenters. The molecule has 0 radical (unpaired) electrons. The lowest BCUT2D eigenvalue weighted by molar-refractivity contribution is -0.121. The third kappa shape index (κ3) is 7.10. The van der Waals surface area contributed by atoms with Gasteiger partial charge in [-0.15, -0.1) is 0 Å². The van der Waals surface area contributed by atoms with Crippen LogP contribution in [0.15, 0.2) is 42.5 Å². The van der Waals surface area contributed by atoms with E-state index in [0.29, 0.717) is 28.0 Å². The molecule has 2 aromatic carbocycles. The zero-order valence-corrected chi connectivity index (χ0v) is 19.6. The van der Waals surface area contributed by atoms with Crippen LogP contribution in [0.25, 0.3) is 0 Å². The van der Waals surface area contributed by atoms with E-state index < -0.39 is 16.1 Å². The lowest BCUT2D eigenvalue weighted by Crippen LogP contribution is -2.48. The summed E-state index contributed by atoms with van der Waals surface area (Å²) in [7, 11) is -3.61. The number of amides is 1. The van der Waals surface area contributed by atoms with Crippen molar-refractivity contribution in [2.24, 2.45) is 0 Å². The quantitative estimate of drug-likeness (QED) is 0.543. The maximum atomic E-state index is 12.5. The number of thioether (sulfide) groups is 1. The average molecular weight is 475 g/mol. The van der Waals surface area contributed by atoms with Crippen molar-refractivity contribution in [3.05, 3.63) is 63.6 Å². The van der Waals surface area contributed by atoms with Gasteiger partial charge in [0.15, 0.2) is 0 Å². The van der Waals surface area contributed by atoms with E-state index >= 15 is 0 Å². The topological polar surface area (TPSA) is 66.5 Å². The summed E-state index contributed by atoms with van der Waals surface area (Å²) < 4.78 is 25.7. The Balaban J connectivity index is 1.89. The van der Waals surface area contributed by atoms with Crippen LogP contribution in [0.4, 0.5) is 5.69 Å². The number of sulfonamides is 1. The van der Waals surface area contributed by atoms with E-state index in [4.69, 9.17) is 23.2 Å². The average Bonchev–Trinajstić information content (AvgIpc) is 2.64. The van der Waals surface area contributed by atoms with Gasteiger partial charge in [0.05, 0.1) is 22.0 Å². The summed E-state index contributed by atoms with van der Waals surface area (Å²) in [4.78, 5) is 12.5. The number of carbonyl (C=O) groups is 1. The van der Waals surface area contributed by atoms with Crippen molar-refractivity contribution >= 4 is 56.6 Å². The van der Waals surface area contributed by atoms with Crippen LogP contribution in [-0.2, 0) is 20.6 Å². The molecule has 0 aliphatic heterocycles. The van der Waals surface area contributed by atoms with Gasteiger partial charge in [-0.3, -0.25) is 9.10 Å². The maximum absolute atomic E-state index is 12.5. The third-order valence-corrected chi connectivity index (χ3v) is 7.19. The lowest BCUT2D eigenvalue weighted by atomic mass is 10.2. The van der Waals surface area contributed by atoms with Gasteiger partial charge in [-0.1, -0.05) is 47.0 Å². The number of anilines is 1. The van der Waals surface area contributed by atoms with Gasteiger partial charge < -0.3 is 5.32 Å². The molecule has 0 aliphatic rings. The molecule has 0 saturated carbocycles. The van der Waals surface area contributed by atoms with Crippen LogP contribution < -0.4 is 9.62 Å². The molecular weight excluding hydrogens is 451 g/mol. The van der Waals surface area contributed by atoms with E-state index in [-0.39, 0.29) is 5.91 Å². The molecule has 29 heavy (non-hydrogen) atoms. The van der Waals surface area contributed by atoms with E-state index in [1.165, 1.54) is 0 Å². The zero-order valence-electron chi connectivity index (χ0n) is 16.5. The molecule has 9 heteroatoms. The number of halogens is 2. The number of rotatable bonds is 9. The van der Waals surface area contributed by atoms with Gasteiger partial charge in [-0.25, -0.2) is 8.42 Å². The molecule has 5 nitrogen and oxygen atoms in total. The molecule has 158 valence electrons. The number of nitrogens with zero attached hydrogens (tertiary/aromatic N) is 1. The summed E-state index contributed by atoms with van der Waals surface area (Å²) in [5, 5.41) is 3.85. The standard InChI is InChI=1S/C20H24Cl2N2O3S2/c1-14-4-7-17(8-5-14)24(29(3,26)27)15(2)20(25)23-10-11-28-13-16-6-9-18(21)19(22)12-16/h4-9,12,15H,10-11,13H2,1-3H3,(H,23,25)/t15-/m1/s1. The first kappa shape index (κ1) is 23.9. The van der Waals surface area contributed by atoms with Crippen LogP contribution in [0, 0.1) is 6.92 Å². The van der Waals surface area contributed by atoms with Gasteiger partial charge in [0.1, 0.15) is 6.04 Å². The highest BCUT2D eigenvalue weighted by molar-refractivity contribution is 7.98. The summed E-state index contributed by atoms with van der Waals surface area (Å²) in [6.45, 7) is 3.93. The molecule has 0 spiro atoms. The van der Waals surface area contributed by atoms with Crippen molar-refractivity contribution in [2.45, 2.75) is 25.6 Å². The minimum absolute atomic E-state index is 0.342. The molecule has 0 aliphatic carbocycles. The Morgan fingerprint density at radius 3 is 2.38 bits per heavy atom. The van der Waals surface area contributed by atoms with Crippen molar-refractivity contribution in [3.8, 4) is 0 Å². The smallest absolute Gasteiger partial charge is 0.243 e. The fourth-order valence-electron chi connectivity index (χ4n) is 2.71. The van der Waals surface area contributed by atoms with Crippen LogP contribution in [0.5, 0.6) is 0 Å². The molecule has 1 amide bonds. The van der Waals surface area contributed by atoms with E-state index in [9.17, 15) is 13.2 Å². The van der Waals surface area contributed by atoms with Crippen molar-refractivity contribution < 1.29 is 13.2 Å². The Bertz CT molecular complexity index is 951. The van der Waals surface area contributed by atoms with Crippen LogP contribution in [0.1, 0.15) is 18.1 Å². The molecule has 2 rings (SSSR count). The Hall–Kier alpha value is -1.41. The van der Waals surface area contributed by atoms with Crippen LogP contribution in [0.3, 0.4) is 0 Å². The SMILES string of the molecule is Cc1ccc(N([C@H](C)C(=O)NCCSCc2ccc(Cl)c(Cl)c2)S(C)(=O)=O)cc1. The summed E-state index contributed by atoms with van der Waals surface area (Å²) in [5.74, 6) is 1.08. The largest absolute Gasteiger partial charge is 0.353 e. The summed E-state index contributed by atoms with van der Waals surface area (Å²) in [5.41, 5.74) is 2.53. The molecule has 1 atom stereocenters. The van der Waals surface area contributed by atoms with Gasteiger partial charge in [-0.05, 0) is 43.7 Å². The maximum Gasteiger partial charge on any atom is 0.243 e. The number of aryl methyl sites for hydroxylation is 1. The molecule has 0 heterocycles. The van der Waals surface area contributed by atoms with Gasteiger partial charge in [0.25, 0.3) is 0 Å². The van der Waals surface area contributed by atoms with Crippen molar-refractivity contribution in [1.29, 1.82) is 0 Å². The Kier molecular flexibility index (Phi) is 8.70. The fourth-order valence-corrected chi connectivity index (χ4v) is 5.02. The first-order valence-corrected chi connectivity index (χ1v) is 12.7. The number of carbonyl (C=O) groups excluding carboxylic acids is 1. The molecule has 0 saturated heterocycles. The lowest BCUT2D eigenvalue weighted by Gasteiger charge is -2.28. The fraction of sp³-hybridized carbons (Fsp3) is 0.350. The molecule has 0 fully saturated rings. The minimum Gasteiger partial charge on any atom is -0.353 e. The number of benzene rings is 2. The Labute approximate surface area is 186 Å². The second kappa shape index (κ2) is 10.6. The van der Waals surface area contributed by atoms with Crippen molar-refractivity contribution in [3.63, 3.8) is 0 Å². The highest BCUT2D eigenvalue weighted by Gasteiger charge is 2.28. The van der Waals surface area contributed by atoms with Gasteiger partial charge in [0.2, 0.25) is 15.9 Å². The summed E-state index contributed by atoms with van der Waals surface area (Å²) in [6, 6.07) is 11.7.